The van der Waals surface area contributed by atoms with Crippen molar-refractivity contribution in [2.45, 2.75) is 22.8 Å². The van der Waals surface area contributed by atoms with Gasteiger partial charge in [-0.15, -0.1) is 11.3 Å². The van der Waals surface area contributed by atoms with E-state index in [0.717, 1.165) is 6.07 Å². The van der Waals surface area contributed by atoms with Crippen molar-refractivity contribution < 1.29 is 28.3 Å². The van der Waals surface area contributed by atoms with Crippen molar-refractivity contribution >= 4 is 44.6 Å². The molecule has 1 aromatic rings. The molecule has 1 aliphatic heterocycles. The summed E-state index contributed by atoms with van der Waals surface area (Å²) in [4.78, 5) is 20.9. The van der Waals surface area contributed by atoms with E-state index < -0.39 is 43.0 Å². The summed E-state index contributed by atoms with van der Waals surface area (Å²) >= 11 is 6.08. The lowest BCUT2D eigenvalue weighted by Crippen LogP contribution is -2.40. The van der Waals surface area contributed by atoms with E-state index in [9.17, 15) is 28.4 Å². The van der Waals surface area contributed by atoms with Gasteiger partial charge in [0.05, 0.1) is 11.0 Å². The molecule has 0 radical (unpaired) electrons. The summed E-state index contributed by atoms with van der Waals surface area (Å²) in [5.74, 6) is -1.40. The topological polar surface area (TPSA) is 138 Å². The highest BCUT2D eigenvalue weighted by atomic mass is 35.5. The fourth-order valence-electron chi connectivity index (χ4n) is 1.98. The van der Waals surface area contributed by atoms with Crippen LogP contribution in [-0.2, 0) is 14.8 Å². The van der Waals surface area contributed by atoms with Crippen molar-refractivity contribution in [1.29, 1.82) is 0 Å². The molecule has 0 amide bonds. The molecule has 2 rings (SSSR count). The maximum atomic E-state index is 12.4. The quantitative estimate of drug-likeness (QED) is 0.592. The number of hydrogen-bond donors (Lipinski definition) is 2. The molecule has 9 nitrogen and oxygen atoms in total. The molecule has 0 bridgehead atoms. The lowest BCUT2D eigenvalue weighted by molar-refractivity contribution is -0.384. The highest BCUT2D eigenvalue weighted by Gasteiger charge is 2.44. The number of aliphatic hydroxyl groups is 1. The van der Waals surface area contributed by atoms with E-state index >= 15 is 0 Å². The van der Waals surface area contributed by atoms with E-state index in [1.54, 1.807) is 0 Å². The van der Waals surface area contributed by atoms with Gasteiger partial charge in [-0.3, -0.25) is 14.9 Å². The van der Waals surface area contributed by atoms with E-state index in [-0.39, 0.29) is 17.3 Å². The van der Waals surface area contributed by atoms with E-state index in [2.05, 4.69) is 0 Å². The van der Waals surface area contributed by atoms with Crippen molar-refractivity contribution in [2.75, 3.05) is 6.54 Å². The minimum atomic E-state index is -4.28. The number of nitrogens with zero attached hydrogens (tertiary/aromatic N) is 2. The Kier molecular flexibility index (Phi) is 4.22. The van der Waals surface area contributed by atoms with Crippen molar-refractivity contribution in [2.24, 2.45) is 0 Å². The van der Waals surface area contributed by atoms with Crippen LogP contribution in [0.4, 0.5) is 5.69 Å². The number of nitro groups is 1. The maximum Gasteiger partial charge on any atom is 0.322 e. The Morgan fingerprint density at radius 3 is 2.67 bits per heavy atom. The summed E-state index contributed by atoms with van der Waals surface area (Å²) in [6, 6.07) is -0.628. The zero-order chi connectivity index (χ0) is 15.9. The minimum Gasteiger partial charge on any atom is -0.480 e. The third-order valence-electron chi connectivity index (χ3n) is 2.92. The van der Waals surface area contributed by atoms with Gasteiger partial charge >= 0.3 is 5.97 Å². The van der Waals surface area contributed by atoms with Crippen LogP contribution < -0.4 is 0 Å². The number of carboxylic acid groups (broad SMARTS) is 1. The standard InChI is InChI=1S/C9H9ClN2O7S2/c10-8-5(12(16)17)2-7(20-8)21(18,19)11-3-4(13)1-6(11)9(14)15/h2,4,6,13H,1,3H2,(H,14,15)/t4-,6+/m1/s1. The third kappa shape index (κ3) is 2.87. The number of halogens is 1. The average Bonchev–Trinajstić information content (AvgIpc) is 2.93. The number of aliphatic hydroxyl groups excluding tert-OH is 1. The molecule has 12 heteroatoms. The largest absolute Gasteiger partial charge is 0.480 e. The summed E-state index contributed by atoms with van der Waals surface area (Å²) in [5.41, 5.74) is -0.563. The van der Waals surface area contributed by atoms with Gasteiger partial charge in [-0.25, -0.2) is 8.42 Å². The number of hydrogen-bond acceptors (Lipinski definition) is 7. The predicted molar refractivity (Wildman–Crippen MR) is 71.9 cm³/mol. The van der Waals surface area contributed by atoms with Gasteiger partial charge in [-0.1, -0.05) is 11.6 Å². The van der Waals surface area contributed by atoms with Gasteiger partial charge in [0.25, 0.3) is 15.7 Å². The highest BCUT2D eigenvalue weighted by Crippen LogP contribution is 2.39. The zero-order valence-corrected chi connectivity index (χ0v) is 12.6. The molecule has 116 valence electrons. The fourth-order valence-corrected chi connectivity index (χ4v) is 5.41. The fraction of sp³-hybridized carbons (Fsp3) is 0.444. The third-order valence-corrected chi connectivity index (χ3v) is 6.59. The van der Waals surface area contributed by atoms with E-state index in [1.165, 1.54) is 0 Å². The van der Waals surface area contributed by atoms with Crippen LogP contribution in [0.15, 0.2) is 10.3 Å². The van der Waals surface area contributed by atoms with E-state index in [1.807, 2.05) is 0 Å². The monoisotopic (exact) mass is 356 g/mol. The summed E-state index contributed by atoms with van der Waals surface area (Å²) in [6.07, 6.45) is -1.35. The number of thiophene rings is 1. The Bertz CT molecular complexity index is 701. The van der Waals surface area contributed by atoms with Crippen LogP contribution in [-0.4, -0.2) is 52.5 Å². The SMILES string of the molecule is O=C(O)[C@@H]1C[C@@H](O)CN1S(=O)(=O)c1cc([N+](=O)[O-])c(Cl)s1. The molecule has 1 fully saturated rings. The zero-order valence-electron chi connectivity index (χ0n) is 10.2. The first-order valence-corrected chi connectivity index (χ1v) is 8.14. The molecule has 0 aromatic carbocycles. The van der Waals surface area contributed by atoms with Gasteiger partial charge in [0, 0.05) is 19.0 Å². The lowest BCUT2D eigenvalue weighted by Gasteiger charge is -2.19. The normalized spacial score (nSPS) is 23.3. The van der Waals surface area contributed by atoms with Crippen LogP contribution in [0.5, 0.6) is 0 Å². The number of carboxylic acids is 1. The van der Waals surface area contributed by atoms with Crippen molar-refractivity contribution in [1.82, 2.24) is 4.31 Å². The van der Waals surface area contributed by atoms with Crippen LogP contribution >= 0.6 is 22.9 Å². The molecular formula is C9H9ClN2O7S2. The van der Waals surface area contributed by atoms with Crippen molar-refractivity contribution in [3.63, 3.8) is 0 Å². The van der Waals surface area contributed by atoms with Crippen LogP contribution in [0.25, 0.3) is 0 Å². The highest BCUT2D eigenvalue weighted by molar-refractivity contribution is 7.91. The van der Waals surface area contributed by atoms with Gasteiger partial charge in [0.15, 0.2) is 4.34 Å². The van der Waals surface area contributed by atoms with Crippen molar-refractivity contribution in [3.8, 4) is 0 Å². The van der Waals surface area contributed by atoms with Crippen LogP contribution in [0, 0.1) is 10.1 Å². The second-order valence-corrected chi connectivity index (χ2v) is 8.07. The smallest absolute Gasteiger partial charge is 0.322 e. The van der Waals surface area contributed by atoms with E-state index in [0.29, 0.717) is 15.6 Å². The van der Waals surface area contributed by atoms with Gasteiger partial charge in [-0.2, -0.15) is 4.31 Å². The summed E-state index contributed by atoms with van der Waals surface area (Å²) in [5, 5.41) is 29.2. The summed E-state index contributed by atoms with van der Waals surface area (Å²) in [6.45, 7) is -0.386. The number of β-amino-alcohol motifs (C(OH)–C–C–N with tert-alkyl or cyclic N) is 1. The number of carbonyl (C=O) groups is 1. The Morgan fingerprint density at radius 2 is 2.19 bits per heavy atom. The van der Waals surface area contributed by atoms with Gasteiger partial charge in [-0.05, 0) is 0 Å². The summed E-state index contributed by atoms with van der Waals surface area (Å²) < 4.78 is 24.6. The first-order chi connectivity index (χ1) is 9.64. The molecular weight excluding hydrogens is 348 g/mol. The van der Waals surface area contributed by atoms with Gasteiger partial charge in [0.1, 0.15) is 10.3 Å². The molecule has 0 unspecified atom stereocenters. The van der Waals surface area contributed by atoms with Crippen LogP contribution in [0.2, 0.25) is 4.34 Å². The van der Waals surface area contributed by atoms with Gasteiger partial charge < -0.3 is 10.2 Å². The molecule has 0 aliphatic carbocycles. The molecule has 1 aliphatic rings. The van der Waals surface area contributed by atoms with Crippen LogP contribution in [0.3, 0.4) is 0 Å². The predicted octanol–water partition coefficient (Wildman–Crippen LogP) is 0.518. The minimum absolute atomic E-state index is 0.240. The Balaban J connectivity index is 2.44. The second-order valence-electron chi connectivity index (χ2n) is 4.30. The first-order valence-electron chi connectivity index (χ1n) is 5.51. The Morgan fingerprint density at radius 1 is 1.57 bits per heavy atom. The van der Waals surface area contributed by atoms with Gasteiger partial charge in [0.2, 0.25) is 0 Å². The average molecular weight is 357 g/mol. The molecule has 2 heterocycles. The first kappa shape index (κ1) is 16.1. The second kappa shape index (κ2) is 5.50. The Labute approximate surface area is 127 Å². The van der Waals surface area contributed by atoms with Crippen molar-refractivity contribution in [3.05, 3.63) is 20.5 Å². The molecule has 1 saturated heterocycles. The molecule has 0 spiro atoms. The lowest BCUT2D eigenvalue weighted by atomic mass is 10.2. The van der Waals surface area contributed by atoms with E-state index in [4.69, 9.17) is 16.7 Å². The van der Waals surface area contributed by atoms with Crippen LogP contribution in [0.1, 0.15) is 6.42 Å². The number of sulfonamides is 1. The number of rotatable bonds is 4. The Hall–Kier alpha value is -1.27. The summed E-state index contributed by atoms with van der Waals surface area (Å²) in [7, 11) is -4.28. The molecule has 1 aromatic heterocycles. The number of aliphatic carboxylic acids is 1. The molecule has 2 atom stereocenters. The maximum absolute atomic E-state index is 12.4. The molecule has 0 saturated carbocycles. The molecule has 21 heavy (non-hydrogen) atoms. The molecule has 2 N–H and O–H groups in total.